The summed E-state index contributed by atoms with van der Waals surface area (Å²) in [6.07, 6.45) is 1.48. The van der Waals surface area contributed by atoms with Crippen molar-refractivity contribution in [1.29, 1.82) is 0 Å². The van der Waals surface area contributed by atoms with Crippen LogP contribution in [-0.4, -0.2) is 37.5 Å². The SMILES string of the molecule is C=CCN(CCO)S(=O)(=O)c1c(C)ccc(C)c1N. The number of aliphatic hydroxyl groups is 1. The van der Waals surface area contributed by atoms with Crippen LogP contribution in [0.2, 0.25) is 0 Å². The molecule has 0 radical (unpaired) electrons. The van der Waals surface area contributed by atoms with E-state index in [1.807, 2.05) is 0 Å². The first kappa shape index (κ1) is 15.7. The van der Waals surface area contributed by atoms with Crippen LogP contribution in [0.5, 0.6) is 0 Å². The molecule has 0 aliphatic heterocycles. The summed E-state index contributed by atoms with van der Waals surface area (Å²) in [7, 11) is -3.73. The summed E-state index contributed by atoms with van der Waals surface area (Å²) in [5, 5.41) is 9.00. The van der Waals surface area contributed by atoms with Crippen LogP contribution in [0.25, 0.3) is 0 Å². The standard InChI is InChI=1S/C13H20N2O3S/c1-4-7-15(8-9-16)19(17,18)13-11(3)6-5-10(2)12(13)14/h4-6,16H,1,7-9,14H2,2-3H3. The minimum atomic E-state index is -3.73. The molecule has 5 nitrogen and oxygen atoms in total. The number of aryl methyl sites for hydroxylation is 2. The van der Waals surface area contributed by atoms with Gasteiger partial charge in [-0.25, -0.2) is 8.42 Å². The maximum Gasteiger partial charge on any atom is 0.245 e. The Hall–Kier alpha value is -1.37. The monoisotopic (exact) mass is 284 g/mol. The predicted octanol–water partition coefficient (Wildman–Crippen LogP) is 1.05. The molecular formula is C13H20N2O3S. The lowest BCUT2D eigenvalue weighted by Gasteiger charge is -2.22. The van der Waals surface area contributed by atoms with Gasteiger partial charge in [-0.05, 0) is 25.0 Å². The second kappa shape index (κ2) is 6.18. The predicted molar refractivity (Wildman–Crippen MR) is 76.4 cm³/mol. The fourth-order valence-corrected chi connectivity index (χ4v) is 3.64. The van der Waals surface area contributed by atoms with Crippen LogP contribution < -0.4 is 5.73 Å². The Morgan fingerprint density at radius 3 is 2.47 bits per heavy atom. The lowest BCUT2D eigenvalue weighted by atomic mass is 10.1. The van der Waals surface area contributed by atoms with Crippen LogP contribution in [0.1, 0.15) is 11.1 Å². The molecule has 0 aliphatic rings. The van der Waals surface area contributed by atoms with Gasteiger partial charge in [-0.2, -0.15) is 4.31 Å². The average Bonchev–Trinajstić information content (AvgIpc) is 2.34. The molecule has 0 aliphatic carbocycles. The molecule has 0 saturated heterocycles. The zero-order valence-electron chi connectivity index (χ0n) is 11.3. The van der Waals surface area contributed by atoms with E-state index < -0.39 is 10.0 Å². The summed E-state index contributed by atoms with van der Waals surface area (Å²) in [5.41, 5.74) is 7.47. The summed E-state index contributed by atoms with van der Waals surface area (Å²) in [5.74, 6) is 0. The maximum absolute atomic E-state index is 12.6. The van der Waals surface area contributed by atoms with E-state index in [1.165, 1.54) is 6.08 Å². The van der Waals surface area contributed by atoms with Gasteiger partial charge in [0.15, 0.2) is 0 Å². The number of nitrogens with two attached hydrogens (primary N) is 1. The lowest BCUT2D eigenvalue weighted by molar-refractivity contribution is 0.260. The molecule has 0 bridgehead atoms. The van der Waals surface area contributed by atoms with E-state index >= 15 is 0 Å². The molecule has 0 aromatic heterocycles. The highest BCUT2D eigenvalue weighted by atomic mass is 32.2. The van der Waals surface area contributed by atoms with Crippen molar-refractivity contribution in [3.8, 4) is 0 Å². The van der Waals surface area contributed by atoms with Crippen LogP contribution in [0, 0.1) is 13.8 Å². The molecule has 0 spiro atoms. The Labute approximate surface area is 114 Å². The summed E-state index contributed by atoms with van der Waals surface area (Å²) in [4.78, 5) is 0.114. The first-order valence-electron chi connectivity index (χ1n) is 5.93. The zero-order chi connectivity index (χ0) is 14.6. The van der Waals surface area contributed by atoms with Crippen LogP contribution in [0.4, 0.5) is 5.69 Å². The van der Waals surface area contributed by atoms with Crippen molar-refractivity contribution in [1.82, 2.24) is 4.31 Å². The summed E-state index contributed by atoms with van der Waals surface area (Å²) >= 11 is 0. The molecule has 0 amide bonds. The topological polar surface area (TPSA) is 83.6 Å². The number of anilines is 1. The van der Waals surface area contributed by atoms with Crippen LogP contribution in [0.3, 0.4) is 0 Å². The van der Waals surface area contributed by atoms with Crippen molar-refractivity contribution in [2.45, 2.75) is 18.7 Å². The minimum absolute atomic E-state index is 0.0151. The first-order chi connectivity index (χ1) is 8.86. The van der Waals surface area contributed by atoms with Gasteiger partial charge >= 0.3 is 0 Å². The van der Waals surface area contributed by atoms with Crippen LogP contribution >= 0.6 is 0 Å². The van der Waals surface area contributed by atoms with Crippen molar-refractivity contribution >= 4 is 15.7 Å². The molecule has 0 atom stereocenters. The molecule has 0 unspecified atom stereocenters. The molecule has 19 heavy (non-hydrogen) atoms. The fourth-order valence-electron chi connectivity index (χ4n) is 1.84. The van der Waals surface area contributed by atoms with Crippen molar-refractivity contribution in [3.63, 3.8) is 0 Å². The Bertz CT molecular complexity index is 567. The molecule has 0 saturated carbocycles. The number of hydrogen-bond donors (Lipinski definition) is 2. The maximum atomic E-state index is 12.6. The smallest absolute Gasteiger partial charge is 0.245 e. The number of nitrogens with zero attached hydrogens (tertiary/aromatic N) is 1. The van der Waals surface area contributed by atoms with Gasteiger partial charge in [0, 0.05) is 13.1 Å². The second-order valence-corrected chi connectivity index (χ2v) is 6.19. The van der Waals surface area contributed by atoms with Crippen molar-refractivity contribution in [2.75, 3.05) is 25.4 Å². The molecule has 0 fully saturated rings. The summed E-state index contributed by atoms with van der Waals surface area (Å²) < 4.78 is 26.4. The Morgan fingerprint density at radius 2 is 1.95 bits per heavy atom. The highest BCUT2D eigenvalue weighted by Crippen LogP contribution is 2.28. The van der Waals surface area contributed by atoms with Gasteiger partial charge in [0.2, 0.25) is 10.0 Å². The normalized spacial score (nSPS) is 11.8. The van der Waals surface area contributed by atoms with E-state index in [2.05, 4.69) is 6.58 Å². The summed E-state index contributed by atoms with van der Waals surface area (Å²) in [6, 6.07) is 3.51. The van der Waals surface area contributed by atoms with E-state index in [9.17, 15) is 8.42 Å². The van der Waals surface area contributed by atoms with Crippen molar-refractivity contribution < 1.29 is 13.5 Å². The van der Waals surface area contributed by atoms with Gasteiger partial charge in [-0.15, -0.1) is 6.58 Å². The van der Waals surface area contributed by atoms with E-state index in [0.29, 0.717) is 11.1 Å². The zero-order valence-corrected chi connectivity index (χ0v) is 12.1. The molecule has 6 heteroatoms. The Kier molecular flexibility index (Phi) is 5.11. The molecule has 1 aromatic rings. The van der Waals surface area contributed by atoms with Gasteiger partial charge in [-0.3, -0.25) is 0 Å². The van der Waals surface area contributed by atoms with Crippen molar-refractivity contribution in [2.24, 2.45) is 0 Å². The van der Waals surface area contributed by atoms with Crippen molar-refractivity contribution in [3.05, 3.63) is 35.9 Å². The largest absolute Gasteiger partial charge is 0.397 e. The number of sulfonamides is 1. The van der Waals surface area contributed by atoms with Gasteiger partial charge < -0.3 is 10.8 Å². The van der Waals surface area contributed by atoms with Gasteiger partial charge in [-0.1, -0.05) is 18.2 Å². The molecule has 3 N–H and O–H groups in total. The highest BCUT2D eigenvalue weighted by Gasteiger charge is 2.27. The second-order valence-electron chi connectivity index (χ2n) is 4.32. The Morgan fingerprint density at radius 1 is 1.37 bits per heavy atom. The number of nitrogen functional groups attached to an aromatic ring is 1. The highest BCUT2D eigenvalue weighted by molar-refractivity contribution is 7.89. The third kappa shape index (κ3) is 3.15. The minimum Gasteiger partial charge on any atom is -0.397 e. The molecule has 106 valence electrons. The third-order valence-electron chi connectivity index (χ3n) is 2.89. The Balaban J connectivity index is 3.41. The van der Waals surface area contributed by atoms with Gasteiger partial charge in [0.1, 0.15) is 4.90 Å². The molecule has 1 aromatic carbocycles. The molecular weight excluding hydrogens is 264 g/mol. The number of benzene rings is 1. The van der Waals surface area contributed by atoms with Gasteiger partial charge in [0.25, 0.3) is 0 Å². The number of hydrogen-bond acceptors (Lipinski definition) is 4. The average molecular weight is 284 g/mol. The fraction of sp³-hybridized carbons (Fsp3) is 0.385. The number of rotatable bonds is 6. The van der Waals surface area contributed by atoms with E-state index in [1.54, 1.807) is 26.0 Å². The number of aliphatic hydroxyl groups excluding tert-OH is 1. The quantitative estimate of drug-likeness (QED) is 0.604. The molecule has 0 heterocycles. The molecule has 1 rings (SSSR count). The third-order valence-corrected chi connectivity index (χ3v) is 4.96. The van der Waals surface area contributed by atoms with Gasteiger partial charge in [0.05, 0.1) is 12.3 Å². The van der Waals surface area contributed by atoms with E-state index in [-0.39, 0.29) is 30.3 Å². The lowest BCUT2D eigenvalue weighted by Crippen LogP contribution is -2.34. The van der Waals surface area contributed by atoms with Crippen LogP contribution in [0.15, 0.2) is 29.7 Å². The van der Waals surface area contributed by atoms with Crippen LogP contribution in [-0.2, 0) is 10.0 Å². The van der Waals surface area contributed by atoms with E-state index in [0.717, 1.165) is 4.31 Å². The first-order valence-corrected chi connectivity index (χ1v) is 7.37. The van der Waals surface area contributed by atoms with E-state index in [4.69, 9.17) is 10.8 Å². The summed E-state index contributed by atoms with van der Waals surface area (Å²) in [6.45, 7) is 6.89.